The van der Waals surface area contributed by atoms with E-state index in [1.807, 2.05) is 19.1 Å². The smallest absolute Gasteiger partial charge is 0.151 e. The number of hydrogen-bond donors (Lipinski definition) is 0. The van der Waals surface area contributed by atoms with Gasteiger partial charge in [0.2, 0.25) is 0 Å². The Bertz CT molecular complexity index is 813. The van der Waals surface area contributed by atoms with Gasteiger partial charge in [0.25, 0.3) is 0 Å². The molecule has 0 bridgehead atoms. The van der Waals surface area contributed by atoms with E-state index < -0.39 is 0 Å². The Morgan fingerprint density at radius 1 is 0.900 bits per heavy atom. The third kappa shape index (κ3) is 4.04. The Morgan fingerprint density at radius 2 is 1.60 bits per heavy atom. The van der Waals surface area contributed by atoms with Crippen molar-refractivity contribution in [2.75, 3.05) is 37.7 Å². The fourth-order valence-electron chi connectivity index (χ4n) is 5.36. The molecule has 160 valence electrons. The molecule has 0 atom stereocenters. The van der Waals surface area contributed by atoms with Crippen molar-refractivity contribution in [2.24, 2.45) is 5.41 Å². The number of benzene rings is 1. The normalized spacial score (nSPS) is 22.1. The van der Waals surface area contributed by atoms with E-state index in [4.69, 9.17) is 4.74 Å². The van der Waals surface area contributed by atoms with E-state index in [-0.39, 0.29) is 0 Å². The van der Waals surface area contributed by atoms with Crippen LogP contribution < -0.4 is 9.64 Å². The fourth-order valence-corrected chi connectivity index (χ4v) is 5.36. The second kappa shape index (κ2) is 8.54. The van der Waals surface area contributed by atoms with Crippen LogP contribution in [0, 0.1) is 5.41 Å². The van der Waals surface area contributed by atoms with E-state index in [0.29, 0.717) is 12.0 Å². The second-order valence-corrected chi connectivity index (χ2v) is 9.34. The van der Waals surface area contributed by atoms with E-state index in [1.165, 1.54) is 58.0 Å². The maximum Gasteiger partial charge on any atom is 0.151 e. The van der Waals surface area contributed by atoms with Crippen LogP contribution in [-0.4, -0.2) is 53.9 Å². The van der Waals surface area contributed by atoms with Gasteiger partial charge >= 0.3 is 0 Å². The van der Waals surface area contributed by atoms with Gasteiger partial charge in [-0.25, -0.2) is 0 Å². The maximum absolute atomic E-state index is 5.52. The molecule has 0 radical (unpaired) electrons. The highest BCUT2D eigenvalue weighted by molar-refractivity contribution is 5.60. The van der Waals surface area contributed by atoms with Crippen LogP contribution in [0.1, 0.15) is 51.9 Å². The number of nitrogens with zero attached hydrogens (tertiary/aromatic N) is 4. The summed E-state index contributed by atoms with van der Waals surface area (Å²) in [7, 11) is 0. The summed E-state index contributed by atoms with van der Waals surface area (Å²) in [6.07, 6.45) is 9.69. The summed E-state index contributed by atoms with van der Waals surface area (Å²) >= 11 is 0. The molecule has 0 unspecified atom stereocenters. The number of piperidine rings is 2. The van der Waals surface area contributed by atoms with Crippen LogP contribution in [0.25, 0.3) is 11.3 Å². The lowest BCUT2D eigenvalue weighted by Crippen LogP contribution is -2.51. The lowest BCUT2D eigenvalue weighted by Gasteiger charge is -2.50. The molecule has 2 aliphatic heterocycles. The fraction of sp³-hybridized carbons (Fsp3) is 0.600. The molecule has 3 heterocycles. The van der Waals surface area contributed by atoms with Crippen molar-refractivity contribution < 1.29 is 4.74 Å². The van der Waals surface area contributed by atoms with Gasteiger partial charge in [0.15, 0.2) is 5.82 Å². The molecule has 1 aromatic heterocycles. The molecule has 5 heteroatoms. The van der Waals surface area contributed by atoms with E-state index in [9.17, 15) is 0 Å². The number of likely N-dealkylation sites (tertiary alicyclic amines) is 1. The molecule has 2 aromatic rings. The van der Waals surface area contributed by atoms with Crippen LogP contribution in [0.15, 0.2) is 36.4 Å². The molecule has 0 amide bonds. The standard InChI is InChI=1S/C25H34N4O/c1-2-30-22-8-6-20(7-9-22)23-10-11-24(27-26-23)29-18-14-25(15-19-29)12-16-28(17-13-25)21-4-3-5-21/h6-11,21H,2-5,12-19H2,1H3. The van der Waals surface area contributed by atoms with Crippen molar-refractivity contribution in [3.8, 4) is 17.0 Å². The van der Waals surface area contributed by atoms with Crippen molar-refractivity contribution in [1.82, 2.24) is 15.1 Å². The molecule has 1 aliphatic carbocycles. The SMILES string of the molecule is CCOc1ccc(-c2ccc(N3CCC4(CC3)CCN(C3CCC3)CC4)nn2)cc1. The van der Waals surface area contributed by atoms with Crippen LogP contribution in [0.4, 0.5) is 5.82 Å². The Kier molecular flexibility index (Phi) is 5.64. The van der Waals surface area contributed by atoms with Crippen molar-refractivity contribution in [3.63, 3.8) is 0 Å². The van der Waals surface area contributed by atoms with E-state index in [1.54, 1.807) is 0 Å². The number of ether oxygens (including phenoxy) is 1. The predicted molar refractivity (Wildman–Crippen MR) is 121 cm³/mol. The summed E-state index contributed by atoms with van der Waals surface area (Å²) in [5.74, 6) is 1.91. The molecule has 1 aromatic carbocycles. The highest BCUT2D eigenvalue weighted by Crippen LogP contribution is 2.43. The first kappa shape index (κ1) is 19.8. The average Bonchev–Trinajstić information content (AvgIpc) is 2.76. The molecule has 0 N–H and O–H groups in total. The third-order valence-electron chi connectivity index (χ3n) is 7.71. The van der Waals surface area contributed by atoms with Gasteiger partial charge in [-0.15, -0.1) is 10.2 Å². The van der Waals surface area contributed by atoms with Crippen LogP contribution in [-0.2, 0) is 0 Å². The summed E-state index contributed by atoms with van der Waals surface area (Å²) in [6.45, 7) is 7.55. The molecule has 5 rings (SSSR count). The molecule has 2 saturated heterocycles. The van der Waals surface area contributed by atoms with E-state index >= 15 is 0 Å². The summed E-state index contributed by atoms with van der Waals surface area (Å²) in [5.41, 5.74) is 2.57. The largest absolute Gasteiger partial charge is 0.494 e. The lowest BCUT2D eigenvalue weighted by atomic mass is 9.70. The molecule has 1 saturated carbocycles. The Morgan fingerprint density at radius 3 is 2.17 bits per heavy atom. The summed E-state index contributed by atoms with van der Waals surface area (Å²) < 4.78 is 5.52. The van der Waals surface area contributed by atoms with Crippen molar-refractivity contribution in [1.29, 1.82) is 0 Å². The van der Waals surface area contributed by atoms with Gasteiger partial charge in [0.05, 0.1) is 12.3 Å². The lowest BCUT2D eigenvalue weighted by molar-refractivity contribution is 0.0305. The maximum atomic E-state index is 5.52. The topological polar surface area (TPSA) is 41.5 Å². The number of hydrogen-bond acceptors (Lipinski definition) is 5. The first-order valence-electron chi connectivity index (χ1n) is 11.8. The van der Waals surface area contributed by atoms with Gasteiger partial charge in [-0.1, -0.05) is 6.42 Å². The van der Waals surface area contributed by atoms with E-state index in [0.717, 1.165) is 42.0 Å². The Hall–Kier alpha value is -2.14. The summed E-state index contributed by atoms with van der Waals surface area (Å²) in [5, 5.41) is 9.07. The van der Waals surface area contributed by atoms with Crippen molar-refractivity contribution in [2.45, 2.75) is 57.9 Å². The first-order chi connectivity index (χ1) is 14.7. The summed E-state index contributed by atoms with van der Waals surface area (Å²) in [6, 6.07) is 13.2. The molecular weight excluding hydrogens is 372 g/mol. The molecule has 1 spiro atoms. The van der Waals surface area contributed by atoms with E-state index in [2.05, 4.69) is 44.3 Å². The van der Waals surface area contributed by atoms with Crippen LogP contribution >= 0.6 is 0 Å². The zero-order chi connectivity index (χ0) is 20.4. The van der Waals surface area contributed by atoms with Gasteiger partial charge in [0.1, 0.15) is 5.75 Å². The second-order valence-electron chi connectivity index (χ2n) is 9.34. The Labute approximate surface area is 180 Å². The molecule has 30 heavy (non-hydrogen) atoms. The zero-order valence-corrected chi connectivity index (χ0v) is 18.2. The van der Waals surface area contributed by atoms with Crippen molar-refractivity contribution >= 4 is 5.82 Å². The minimum atomic E-state index is 0.576. The summed E-state index contributed by atoms with van der Waals surface area (Å²) in [4.78, 5) is 5.20. The monoisotopic (exact) mass is 406 g/mol. The molecule has 3 fully saturated rings. The van der Waals surface area contributed by atoms with Gasteiger partial charge in [-0.05, 0) is 100 Å². The van der Waals surface area contributed by atoms with Crippen molar-refractivity contribution in [3.05, 3.63) is 36.4 Å². The quantitative estimate of drug-likeness (QED) is 0.715. The van der Waals surface area contributed by atoms with Crippen LogP contribution in [0.5, 0.6) is 5.75 Å². The average molecular weight is 407 g/mol. The van der Waals surface area contributed by atoms with Gasteiger partial charge in [-0.3, -0.25) is 0 Å². The molecule has 3 aliphatic rings. The van der Waals surface area contributed by atoms with Crippen LogP contribution in [0.3, 0.4) is 0 Å². The van der Waals surface area contributed by atoms with Crippen LogP contribution in [0.2, 0.25) is 0 Å². The molecular formula is C25H34N4O. The Balaban J connectivity index is 1.16. The highest BCUT2D eigenvalue weighted by atomic mass is 16.5. The minimum Gasteiger partial charge on any atom is -0.494 e. The first-order valence-corrected chi connectivity index (χ1v) is 11.8. The van der Waals surface area contributed by atoms with Gasteiger partial charge in [-0.2, -0.15) is 0 Å². The number of aromatic nitrogens is 2. The molecule has 5 nitrogen and oxygen atoms in total. The zero-order valence-electron chi connectivity index (χ0n) is 18.2. The third-order valence-corrected chi connectivity index (χ3v) is 7.71. The van der Waals surface area contributed by atoms with Gasteiger partial charge in [0, 0.05) is 24.7 Å². The van der Waals surface area contributed by atoms with Gasteiger partial charge < -0.3 is 14.5 Å². The minimum absolute atomic E-state index is 0.576. The highest BCUT2D eigenvalue weighted by Gasteiger charge is 2.39. The number of anilines is 1. The predicted octanol–water partition coefficient (Wildman–Crippen LogP) is 4.78. The number of rotatable bonds is 5.